The van der Waals surface area contributed by atoms with Crippen LogP contribution < -0.4 is 5.32 Å². The molecule has 0 aromatic rings. The number of hydrogen-bond acceptors (Lipinski definition) is 2. The van der Waals surface area contributed by atoms with Crippen LogP contribution >= 0.6 is 0 Å². The van der Waals surface area contributed by atoms with Gasteiger partial charge < -0.3 is 10.1 Å². The van der Waals surface area contributed by atoms with E-state index in [9.17, 15) is 4.39 Å². The van der Waals surface area contributed by atoms with Crippen molar-refractivity contribution in [3.05, 3.63) is 0 Å². The van der Waals surface area contributed by atoms with Crippen molar-refractivity contribution >= 4 is 0 Å². The Kier molecular flexibility index (Phi) is 5.42. The molecule has 0 spiro atoms. The molecule has 0 aliphatic carbocycles. The van der Waals surface area contributed by atoms with Crippen LogP contribution in [0, 0.1) is 0 Å². The molecular weight excluding hydrogens is 157 g/mol. The standard InChI is InChI=1S/C9H20FNO/c1-5-12-7-8(10)6-11-9(2,3)4/h8,11H,5-7H2,1-4H3. The van der Waals surface area contributed by atoms with Gasteiger partial charge in [0, 0.05) is 18.7 Å². The lowest BCUT2D eigenvalue weighted by Crippen LogP contribution is -2.40. The molecule has 0 heterocycles. The Hall–Kier alpha value is -0.150. The predicted octanol–water partition coefficient (Wildman–Crippen LogP) is 1.75. The molecule has 0 bridgehead atoms. The lowest BCUT2D eigenvalue weighted by Gasteiger charge is -2.21. The normalized spacial score (nSPS) is 14.8. The number of nitrogens with one attached hydrogen (secondary N) is 1. The predicted molar refractivity (Wildman–Crippen MR) is 49.1 cm³/mol. The minimum atomic E-state index is -0.899. The zero-order valence-electron chi connectivity index (χ0n) is 8.48. The van der Waals surface area contributed by atoms with Gasteiger partial charge in [0.25, 0.3) is 0 Å². The molecular formula is C9H20FNO. The van der Waals surface area contributed by atoms with Crippen LogP contribution in [0.25, 0.3) is 0 Å². The average molecular weight is 177 g/mol. The highest BCUT2D eigenvalue weighted by atomic mass is 19.1. The summed E-state index contributed by atoms with van der Waals surface area (Å²) in [6.45, 7) is 9.05. The first-order valence-electron chi connectivity index (χ1n) is 4.42. The van der Waals surface area contributed by atoms with Gasteiger partial charge in [-0.2, -0.15) is 0 Å². The molecule has 0 aromatic carbocycles. The summed E-state index contributed by atoms with van der Waals surface area (Å²) in [7, 11) is 0. The van der Waals surface area contributed by atoms with Crippen LogP contribution in [0.5, 0.6) is 0 Å². The zero-order valence-corrected chi connectivity index (χ0v) is 8.48. The van der Waals surface area contributed by atoms with E-state index in [0.29, 0.717) is 13.2 Å². The number of halogens is 1. The average Bonchev–Trinajstić information content (AvgIpc) is 1.95. The second-order valence-corrected chi connectivity index (χ2v) is 3.89. The molecule has 0 radical (unpaired) electrons. The topological polar surface area (TPSA) is 21.3 Å². The second kappa shape index (κ2) is 5.49. The van der Waals surface area contributed by atoms with Crippen molar-refractivity contribution in [2.24, 2.45) is 0 Å². The smallest absolute Gasteiger partial charge is 0.136 e. The van der Waals surface area contributed by atoms with Crippen molar-refractivity contribution in [1.82, 2.24) is 5.32 Å². The molecule has 0 aliphatic rings. The molecule has 74 valence electrons. The molecule has 3 heteroatoms. The molecule has 0 fully saturated rings. The maximum absolute atomic E-state index is 12.9. The van der Waals surface area contributed by atoms with Crippen LogP contribution in [-0.4, -0.2) is 31.5 Å². The SMILES string of the molecule is CCOCC(F)CNC(C)(C)C. The lowest BCUT2D eigenvalue weighted by atomic mass is 10.1. The van der Waals surface area contributed by atoms with Gasteiger partial charge in [-0.25, -0.2) is 4.39 Å². The summed E-state index contributed by atoms with van der Waals surface area (Å²) in [5.41, 5.74) is -0.0173. The molecule has 1 unspecified atom stereocenters. The molecule has 0 saturated heterocycles. The van der Waals surface area contributed by atoms with E-state index in [1.54, 1.807) is 0 Å². The summed E-state index contributed by atoms with van der Waals surface area (Å²) in [5.74, 6) is 0. The van der Waals surface area contributed by atoms with Crippen molar-refractivity contribution in [2.75, 3.05) is 19.8 Å². The van der Waals surface area contributed by atoms with Gasteiger partial charge >= 0.3 is 0 Å². The minimum absolute atomic E-state index is 0.0173. The van der Waals surface area contributed by atoms with E-state index in [1.807, 2.05) is 27.7 Å². The summed E-state index contributed by atoms with van der Waals surface area (Å²) in [6.07, 6.45) is -0.899. The molecule has 0 aromatic heterocycles. The van der Waals surface area contributed by atoms with Gasteiger partial charge in [0.05, 0.1) is 6.61 Å². The molecule has 1 N–H and O–H groups in total. The first-order chi connectivity index (χ1) is 5.45. The van der Waals surface area contributed by atoms with Crippen molar-refractivity contribution in [3.63, 3.8) is 0 Å². The van der Waals surface area contributed by atoms with Crippen molar-refractivity contribution in [1.29, 1.82) is 0 Å². The van der Waals surface area contributed by atoms with Crippen LogP contribution in [0.1, 0.15) is 27.7 Å². The summed E-state index contributed by atoms with van der Waals surface area (Å²) in [4.78, 5) is 0. The fourth-order valence-corrected chi connectivity index (χ4v) is 0.722. The molecule has 2 nitrogen and oxygen atoms in total. The first-order valence-corrected chi connectivity index (χ1v) is 4.42. The van der Waals surface area contributed by atoms with Crippen molar-refractivity contribution < 1.29 is 9.13 Å². The number of alkyl halides is 1. The number of hydrogen-bond donors (Lipinski definition) is 1. The molecule has 0 saturated carbocycles. The van der Waals surface area contributed by atoms with Crippen LogP contribution in [0.2, 0.25) is 0 Å². The van der Waals surface area contributed by atoms with E-state index in [4.69, 9.17) is 4.74 Å². The Labute approximate surface area is 74.5 Å². The summed E-state index contributed by atoms with van der Waals surface area (Å²) in [5, 5.41) is 3.08. The van der Waals surface area contributed by atoms with Gasteiger partial charge in [0.15, 0.2) is 0 Å². The van der Waals surface area contributed by atoms with Crippen molar-refractivity contribution in [3.8, 4) is 0 Å². The van der Waals surface area contributed by atoms with Gasteiger partial charge in [-0.15, -0.1) is 0 Å². The lowest BCUT2D eigenvalue weighted by molar-refractivity contribution is 0.0863. The van der Waals surface area contributed by atoms with Gasteiger partial charge in [-0.1, -0.05) is 0 Å². The van der Waals surface area contributed by atoms with Crippen LogP contribution in [-0.2, 0) is 4.74 Å². The summed E-state index contributed by atoms with van der Waals surface area (Å²) < 4.78 is 17.9. The molecule has 0 amide bonds. The van der Waals surface area contributed by atoms with E-state index < -0.39 is 6.17 Å². The Morgan fingerprint density at radius 3 is 2.42 bits per heavy atom. The van der Waals surface area contributed by atoms with E-state index in [-0.39, 0.29) is 12.1 Å². The largest absolute Gasteiger partial charge is 0.379 e. The molecule has 1 atom stereocenters. The number of ether oxygens (including phenoxy) is 1. The third-order valence-corrected chi connectivity index (χ3v) is 1.36. The van der Waals surface area contributed by atoms with E-state index in [2.05, 4.69) is 5.32 Å². The maximum Gasteiger partial charge on any atom is 0.136 e. The van der Waals surface area contributed by atoms with Gasteiger partial charge in [0.1, 0.15) is 6.17 Å². The number of rotatable bonds is 5. The van der Waals surface area contributed by atoms with E-state index in [1.165, 1.54) is 0 Å². The second-order valence-electron chi connectivity index (χ2n) is 3.89. The minimum Gasteiger partial charge on any atom is -0.379 e. The highest BCUT2D eigenvalue weighted by Gasteiger charge is 2.12. The van der Waals surface area contributed by atoms with Crippen LogP contribution in [0.15, 0.2) is 0 Å². The Balaban J connectivity index is 3.37. The fourth-order valence-electron chi connectivity index (χ4n) is 0.722. The quantitative estimate of drug-likeness (QED) is 0.690. The third kappa shape index (κ3) is 7.95. The van der Waals surface area contributed by atoms with E-state index >= 15 is 0 Å². The van der Waals surface area contributed by atoms with Gasteiger partial charge in [-0.3, -0.25) is 0 Å². The fraction of sp³-hybridized carbons (Fsp3) is 1.00. The van der Waals surface area contributed by atoms with Crippen LogP contribution in [0.4, 0.5) is 4.39 Å². The van der Waals surface area contributed by atoms with Crippen LogP contribution in [0.3, 0.4) is 0 Å². The molecule has 0 rings (SSSR count). The zero-order chi connectivity index (χ0) is 9.61. The summed E-state index contributed by atoms with van der Waals surface area (Å²) in [6, 6.07) is 0. The molecule has 12 heavy (non-hydrogen) atoms. The Morgan fingerprint density at radius 1 is 1.42 bits per heavy atom. The van der Waals surface area contributed by atoms with Gasteiger partial charge in [-0.05, 0) is 27.7 Å². The van der Waals surface area contributed by atoms with Gasteiger partial charge in [0.2, 0.25) is 0 Å². The molecule has 0 aliphatic heterocycles. The Morgan fingerprint density at radius 2 is 2.00 bits per heavy atom. The Bertz CT molecular complexity index is 112. The monoisotopic (exact) mass is 177 g/mol. The summed E-state index contributed by atoms with van der Waals surface area (Å²) >= 11 is 0. The van der Waals surface area contributed by atoms with E-state index in [0.717, 1.165) is 0 Å². The first kappa shape index (κ1) is 11.8. The highest BCUT2D eigenvalue weighted by molar-refractivity contribution is 4.72. The van der Waals surface area contributed by atoms with Crippen molar-refractivity contribution in [2.45, 2.75) is 39.4 Å². The maximum atomic E-state index is 12.9. The highest BCUT2D eigenvalue weighted by Crippen LogP contribution is 2.00. The third-order valence-electron chi connectivity index (χ3n) is 1.36.